The second kappa shape index (κ2) is 7.46. The van der Waals surface area contributed by atoms with Crippen LogP contribution in [0, 0.1) is 3.57 Å². The molecule has 0 saturated heterocycles. The molecule has 0 bridgehead atoms. The van der Waals surface area contributed by atoms with Gasteiger partial charge in [0.2, 0.25) is 0 Å². The molecule has 1 aliphatic heterocycles. The minimum absolute atomic E-state index is 0.690. The summed E-state index contributed by atoms with van der Waals surface area (Å²) in [5.74, 6) is 2.61. The van der Waals surface area contributed by atoms with Crippen LogP contribution in [-0.2, 0) is 0 Å². The van der Waals surface area contributed by atoms with E-state index in [0.717, 1.165) is 36.3 Å². The van der Waals surface area contributed by atoms with Crippen molar-refractivity contribution in [2.24, 2.45) is 0 Å². The first-order chi connectivity index (χ1) is 12.3. The molecule has 0 saturated carbocycles. The first kappa shape index (κ1) is 17.0. The monoisotopic (exact) mass is 462 g/mol. The third-order valence-electron chi connectivity index (χ3n) is 4.36. The number of unbranched alkanes of at least 4 members (excludes halogenated alkanes) is 1. The molecule has 0 spiro atoms. The lowest BCUT2D eigenvalue weighted by molar-refractivity contribution is 0.312. The molecule has 1 heterocycles. The van der Waals surface area contributed by atoms with Crippen molar-refractivity contribution >= 4 is 45.1 Å². The fourth-order valence-electron chi connectivity index (χ4n) is 3.09. The van der Waals surface area contributed by atoms with Crippen LogP contribution in [0.3, 0.4) is 0 Å². The molecule has 0 aliphatic carbocycles. The number of halogens is 1. The number of fused-ring (bicyclic) bond motifs is 2. The van der Waals surface area contributed by atoms with Crippen molar-refractivity contribution in [1.82, 2.24) is 0 Å². The van der Waals surface area contributed by atoms with E-state index in [1.54, 1.807) is 11.8 Å². The van der Waals surface area contributed by atoms with E-state index < -0.39 is 0 Å². The van der Waals surface area contributed by atoms with Crippen LogP contribution in [-0.4, -0.2) is 12.5 Å². The maximum Gasteiger partial charge on any atom is 0.138 e. The lowest BCUT2D eigenvalue weighted by Gasteiger charge is -2.16. The Morgan fingerprint density at radius 3 is 2.76 bits per heavy atom. The van der Waals surface area contributed by atoms with Gasteiger partial charge in [-0.25, -0.2) is 0 Å². The Bertz CT molecular complexity index is 909. The molecule has 0 aromatic heterocycles. The Morgan fingerprint density at radius 1 is 1.12 bits per heavy atom. The van der Waals surface area contributed by atoms with Crippen LogP contribution in [0.5, 0.6) is 11.5 Å². The Labute approximate surface area is 166 Å². The van der Waals surface area contributed by atoms with Crippen molar-refractivity contribution in [3.05, 3.63) is 52.1 Å². The maximum absolute atomic E-state index is 6.12. The van der Waals surface area contributed by atoms with Gasteiger partial charge in [-0.1, -0.05) is 55.4 Å². The summed E-state index contributed by atoms with van der Waals surface area (Å²) in [6.07, 6.45) is 2.20. The molecular weight excluding hydrogens is 443 g/mol. The largest absolute Gasteiger partial charge is 0.493 e. The average Bonchev–Trinajstić information content (AvgIpc) is 3.08. The number of rotatable bonds is 5. The topological polar surface area (TPSA) is 18.5 Å². The minimum atomic E-state index is 0.690. The van der Waals surface area contributed by atoms with Crippen molar-refractivity contribution in [3.63, 3.8) is 0 Å². The summed E-state index contributed by atoms with van der Waals surface area (Å²) in [5.41, 5.74) is 2.51. The highest BCUT2D eigenvalue weighted by molar-refractivity contribution is 14.1. The van der Waals surface area contributed by atoms with Crippen molar-refractivity contribution in [1.29, 1.82) is 0 Å². The molecule has 3 aromatic rings. The predicted molar refractivity (Wildman–Crippen MR) is 114 cm³/mol. The Morgan fingerprint density at radius 2 is 1.96 bits per heavy atom. The zero-order chi connectivity index (χ0) is 17.2. The van der Waals surface area contributed by atoms with Gasteiger partial charge >= 0.3 is 0 Å². The quantitative estimate of drug-likeness (QED) is 0.309. The summed E-state index contributed by atoms with van der Waals surface area (Å²) >= 11 is 4.18. The molecule has 4 rings (SSSR count). The Balaban J connectivity index is 1.93. The summed E-state index contributed by atoms with van der Waals surface area (Å²) in [6, 6.07) is 17.2. The Hall–Kier alpha value is -1.40. The predicted octanol–water partition coefficient (Wildman–Crippen LogP) is 6.73. The molecule has 2 nitrogen and oxygen atoms in total. The van der Waals surface area contributed by atoms with Gasteiger partial charge in [0.1, 0.15) is 17.4 Å². The molecule has 0 atom stereocenters. The van der Waals surface area contributed by atoms with Crippen LogP contribution in [0.2, 0.25) is 0 Å². The highest BCUT2D eigenvalue weighted by atomic mass is 127. The van der Waals surface area contributed by atoms with Gasteiger partial charge in [0.15, 0.2) is 0 Å². The van der Waals surface area contributed by atoms with Gasteiger partial charge in [0.05, 0.1) is 11.5 Å². The van der Waals surface area contributed by atoms with Crippen LogP contribution in [0.4, 0.5) is 0 Å². The van der Waals surface area contributed by atoms with Crippen LogP contribution in [0.15, 0.2) is 53.4 Å². The zero-order valence-corrected chi connectivity index (χ0v) is 17.0. The van der Waals surface area contributed by atoms with E-state index in [2.05, 4.69) is 78.0 Å². The van der Waals surface area contributed by atoms with Crippen molar-refractivity contribution < 1.29 is 9.47 Å². The third-order valence-corrected chi connectivity index (χ3v) is 6.08. The normalized spacial score (nSPS) is 12.9. The second-order valence-electron chi connectivity index (χ2n) is 6.05. The molecule has 3 aromatic carbocycles. The van der Waals surface area contributed by atoms with E-state index in [1.165, 1.54) is 25.0 Å². The van der Waals surface area contributed by atoms with E-state index in [0.29, 0.717) is 5.94 Å². The number of benzene rings is 3. The smallest absolute Gasteiger partial charge is 0.138 e. The van der Waals surface area contributed by atoms with Gasteiger partial charge in [-0.3, -0.25) is 0 Å². The summed E-state index contributed by atoms with van der Waals surface area (Å²) in [7, 11) is 0. The maximum atomic E-state index is 6.12. The van der Waals surface area contributed by atoms with Gasteiger partial charge < -0.3 is 9.47 Å². The molecule has 0 N–H and O–H groups in total. The molecule has 25 heavy (non-hydrogen) atoms. The molecule has 0 fully saturated rings. The lowest BCUT2D eigenvalue weighted by Crippen LogP contribution is -1.99. The molecule has 0 radical (unpaired) electrons. The third kappa shape index (κ3) is 3.34. The van der Waals surface area contributed by atoms with E-state index in [-0.39, 0.29) is 0 Å². The highest BCUT2D eigenvalue weighted by Gasteiger charge is 2.20. The highest BCUT2D eigenvalue weighted by Crippen LogP contribution is 2.45. The summed E-state index contributed by atoms with van der Waals surface area (Å²) < 4.78 is 13.1. The summed E-state index contributed by atoms with van der Waals surface area (Å²) in [6.45, 7) is 2.93. The molecule has 4 heteroatoms. The SMILES string of the molecule is CCCCOc1cc(I)c(-c2ccccc2)c2cc3c(cc12)OCS3. The average molecular weight is 462 g/mol. The van der Waals surface area contributed by atoms with Crippen LogP contribution < -0.4 is 9.47 Å². The van der Waals surface area contributed by atoms with Crippen LogP contribution in [0.25, 0.3) is 21.9 Å². The number of thioether (sulfide) groups is 1. The van der Waals surface area contributed by atoms with Gasteiger partial charge in [0.25, 0.3) is 0 Å². The molecular formula is C21H19IO2S. The van der Waals surface area contributed by atoms with E-state index in [9.17, 15) is 0 Å². The first-order valence-electron chi connectivity index (χ1n) is 8.52. The molecule has 0 amide bonds. The number of hydrogen-bond donors (Lipinski definition) is 0. The molecule has 128 valence electrons. The molecule has 1 aliphatic rings. The van der Waals surface area contributed by atoms with Crippen molar-refractivity contribution in [2.45, 2.75) is 24.7 Å². The zero-order valence-electron chi connectivity index (χ0n) is 14.0. The van der Waals surface area contributed by atoms with Crippen LogP contribution in [0.1, 0.15) is 19.8 Å². The first-order valence-corrected chi connectivity index (χ1v) is 10.6. The van der Waals surface area contributed by atoms with E-state index in [4.69, 9.17) is 9.47 Å². The number of ether oxygens (including phenoxy) is 2. The van der Waals surface area contributed by atoms with Crippen molar-refractivity contribution in [2.75, 3.05) is 12.5 Å². The molecule has 0 unspecified atom stereocenters. The second-order valence-corrected chi connectivity index (χ2v) is 8.18. The van der Waals surface area contributed by atoms with Gasteiger partial charge in [-0.15, -0.1) is 0 Å². The fraction of sp³-hybridized carbons (Fsp3) is 0.238. The van der Waals surface area contributed by atoms with Gasteiger partial charge in [-0.2, -0.15) is 0 Å². The van der Waals surface area contributed by atoms with Crippen LogP contribution >= 0.6 is 34.4 Å². The summed E-state index contributed by atoms with van der Waals surface area (Å²) in [5, 5.41) is 2.37. The fourth-order valence-corrected chi connectivity index (χ4v) is 4.75. The standard InChI is InChI=1S/C21H19IO2S/c1-2-3-9-23-18-12-17(22)21(14-7-5-4-6-8-14)16-11-20-19(10-15(16)18)24-13-25-20/h4-8,10-12H,2-3,9,13H2,1H3. The van der Waals surface area contributed by atoms with Gasteiger partial charge in [-0.05, 0) is 58.2 Å². The Kier molecular flexibility index (Phi) is 5.08. The van der Waals surface area contributed by atoms with E-state index >= 15 is 0 Å². The van der Waals surface area contributed by atoms with E-state index in [1.807, 2.05) is 0 Å². The number of hydrogen-bond acceptors (Lipinski definition) is 3. The lowest BCUT2D eigenvalue weighted by atomic mass is 9.97. The summed E-state index contributed by atoms with van der Waals surface area (Å²) in [4.78, 5) is 1.21. The van der Waals surface area contributed by atoms with Crippen molar-refractivity contribution in [3.8, 4) is 22.6 Å². The minimum Gasteiger partial charge on any atom is -0.493 e. The van der Waals surface area contributed by atoms with Gasteiger partial charge in [0, 0.05) is 14.5 Å².